The Morgan fingerprint density at radius 3 is 2.52 bits per heavy atom. The molecule has 5 heteroatoms. The molecule has 1 unspecified atom stereocenters. The number of benzene rings is 1. The third-order valence-electron chi connectivity index (χ3n) is 4.17. The lowest BCUT2D eigenvalue weighted by Gasteiger charge is -2.24. The topological polar surface area (TPSA) is 57.6 Å². The predicted octanol–water partition coefficient (Wildman–Crippen LogP) is 3.05. The summed E-state index contributed by atoms with van der Waals surface area (Å²) < 4.78 is 0. The first kappa shape index (κ1) is 15.8. The molecule has 0 aliphatic heterocycles. The first-order chi connectivity index (χ1) is 9.90. The van der Waals surface area contributed by atoms with Crippen LogP contribution in [0, 0.1) is 17.8 Å². The van der Waals surface area contributed by atoms with Crippen LogP contribution in [0.25, 0.3) is 0 Å². The molecule has 1 N–H and O–H groups in total. The number of carbonyl (C=O) groups is 2. The lowest BCUT2D eigenvalue weighted by molar-refractivity contribution is -0.148. The molecule has 0 aromatic heterocycles. The fourth-order valence-electron chi connectivity index (χ4n) is 3.08. The summed E-state index contributed by atoms with van der Waals surface area (Å²) >= 11 is 6.10. The van der Waals surface area contributed by atoms with Crippen LogP contribution in [0.15, 0.2) is 24.3 Å². The molecule has 1 aromatic rings. The third-order valence-corrected chi connectivity index (χ3v) is 4.54. The van der Waals surface area contributed by atoms with Crippen LogP contribution in [0.1, 0.15) is 25.3 Å². The van der Waals surface area contributed by atoms with E-state index >= 15 is 0 Å². The van der Waals surface area contributed by atoms with Crippen LogP contribution in [0.4, 0.5) is 0 Å². The Labute approximate surface area is 129 Å². The highest BCUT2D eigenvalue weighted by atomic mass is 35.5. The van der Waals surface area contributed by atoms with Crippen molar-refractivity contribution in [2.24, 2.45) is 17.8 Å². The molecule has 0 saturated heterocycles. The smallest absolute Gasteiger partial charge is 0.307 e. The van der Waals surface area contributed by atoms with Crippen molar-refractivity contribution in [3.63, 3.8) is 0 Å². The second kappa shape index (κ2) is 6.48. The zero-order valence-electron chi connectivity index (χ0n) is 12.3. The maximum atomic E-state index is 12.5. The highest BCUT2D eigenvalue weighted by Crippen LogP contribution is 2.37. The van der Waals surface area contributed by atoms with Gasteiger partial charge in [-0.2, -0.15) is 0 Å². The maximum absolute atomic E-state index is 12.5. The zero-order chi connectivity index (χ0) is 15.6. The van der Waals surface area contributed by atoms with E-state index < -0.39 is 17.8 Å². The van der Waals surface area contributed by atoms with E-state index in [0.29, 0.717) is 24.4 Å². The van der Waals surface area contributed by atoms with E-state index in [1.165, 1.54) is 0 Å². The summed E-state index contributed by atoms with van der Waals surface area (Å²) in [5.41, 5.74) is 0.868. The van der Waals surface area contributed by atoms with E-state index in [2.05, 4.69) is 0 Å². The van der Waals surface area contributed by atoms with E-state index in [1.807, 2.05) is 25.1 Å². The lowest BCUT2D eigenvalue weighted by atomic mass is 9.94. The molecule has 0 heterocycles. The number of rotatable bonds is 4. The van der Waals surface area contributed by atoms with Gasteiger partial charge in [-0.3, -0.25) is 9.59 Å². The molecule has 21 heavy (non-hydrogen) atoms. The molecule has 1 fully saturated rings. The third kappa shape index (κ3) is 3.56. The van der Waals surface area contributed by atoms with Crippen LogP contribution < -0.4 is 0 Å². The van der Waals surface area contributed by atoms with Crippen molar-refractivity contribution < 1.29 is 14.7 Å². The summed E-state index contributed by atoms with van der Waals surface area (Å²) in [5.74, 6) is -1.70. The number of nitrogens with zero attached hydrogens (tertiary/aromatic N) is 1. The van der Waals surface area contributed by atoms with Crippen LogP contribution in [0.5, 0.6) is 0 Å². The Hall–Kier alpha value is -1.55. The van der Waals surface area contributed by atoms with Gasteiger partial charge in [0, 0.05) is 18.6 Å². The summed E-state index contributed by atoms with van der Waals surface area (Å²) in [4.78, 5) is 25.4. The van der Waals surface area contributed by atoms with Crippen LogP contribution in [-0.2, 0) is 16.1 Å². The minimum atomic E-state index is -0.871. The van der Waals surface area contributed by atoms with Gasteiger partial charge < -0.3 is 10.0 Å². The number of hydrogen-bond donors (Lipinski definition) is 1. The SMILES string of the molecule is CC1C[C@H](C(=O)N(C)Cc2ccccc2Cl)[C@H](C(=O)O)C1. The zero-order valence-corrected chi connectivity index (χ0v) is 13.0. The predicted molar refractivity (Wildman–Crippen MR) is 80.9 cm³/mol. The normalized spacial score (nSPS) is 24.8. The Bertz CT molecular complexity index is 546. The minimum absolute atomic E-state index is 0.105. The maximum Gasteiger partial charge on any atom is 0.307 e. The molecular weight excluding hydrogens is 290 g/mol. The summed E-state index contributed by atoms with van der Waals surface area (Å²) in [6.45, 7) is 2.40. The molecule has 4 nitrogen and oxygen atoms in total. The summed E-state index contributed by atoms with van der Waals surface area (Å²) in [6.07, 6.45) is 1.22. The Balaban J connectivity index is 2.08. The van der Waals surface area contributed by atoms with Gasteiger partial charge in [-0.1, -0.05) is 36.7 Å². The molecule has 0 bridgehead atoms. The van der Waals surface area contributed by atoms with Gasteiger partial charge in [-0.05, 0) is 30.4 Å². The van der Waals surface area contributed by atoms with E-state index in [9.17, 15) is 14.7 Å². The molecular formula is C16H20ClNO3. The fourth-order valence-corrected chi connectivity index (χ4v) is 3.28. The van der Waals surface area contributed by atoms with Crippen molar-refractivity contribution in [1.29, 1.82) is 0 Å². The van der Waals surface area contributed by atoms with Crippen LogP contribution >= 0.6 is 11.6 Å². The largest absolute Gasteiger partial charge is 0.481 e. The summed E-state index contributed by atoms with van der Waals surface area (Å²) in [5, 5.41) is 9.89. The number of carbonyl (C=O) groups excluding carboxylic acids is 1. The second-order valence-electron chi connectivity index (χ2n) is 5.91. The lowest BCUT2D eigenvalue weighted by Crippen LogP contribution is -2.36. The molecule has 1 amide bonds. The highest BCUT2D eigenvalue weighted by Gasteiger charge is 2.42. The molecule has 0 spiro atoms. The number of hydrogen-bond acceptors (Lipinski definition) is 2. The van der Waals surface area contributed by atoms with Crippen LogP contribution in [0.3, 0.4) is 0 Å². The number of aliphatic carboxylic acids is 1. The van der Waals surface area contributed by atoms with Gasteiger partial charge in [0.05, 0.1) is 11.8 Å². The second-order valence-corrected chi connectivity index (χ2v) is 6.32. The first-order valence-corrected chi connectivity index (χ1v) is 7.49. The average molecular weight is 310 g/mol. The van der Waals surface area contributed by atoms with Crippen molar-refractivity contribution in [1.82, 2.24) is 4.90 Å². The van der Waals surface area contributed by atoms with Crippen molar-refractivity contribution in [3.8, 4) is 0 Å². The molecule has 2 rings (SSSR count). The van der Waals surface area contributed by atoms with E-state index in [-0.39, 0.29) is 11.8 Å². The van der Waals surface area contributed by atoms with Crippen LogP contribution in [0.2, 0.25) is 5.02 Å². The molecule has 1 saturated carbocycles. The van der Waals surface area contributed by atoms with Gasteiger partial charge in [0.25, 0.3) is 0 Å². The summed E-state index contributed by atoms with van der Waals surface area (Å²) in [7, 11) is 1.70. The van der Waals surface area contributed by atoms with Gasteiger partial charge >= 0.3 is 5.97 Å². The average Bonchev–Trinajstić information content (AvgIpc) is 2.82. The molecule has 114 valence electrons. The Kier molecular flexibility index (Phi) is 4.88. The van der Waals surface area contributed by atoms with Gasteiger partial charge in [0.2, 0.25) is 5.91 Å². The van der Waals surface area contributed by atoms with Gasteiger partial charge in [0.1, 0.15) is 0 Å². The summed E-state index contributed by atoms with van der Waals surface area (Å²) in [6, 6.07) is 7.37. The number of amides is 1. The van der Waals surface area contributed by atoms with E-state index in [0.717, 1.165) is 5.56 Å². The molecule has 3 atom stereocenters. The van der Waals surface area contributed by atoms with Crippen molar-refractivity contribution >= 4 is 23.5 Å². The number of carboxylic acids is 1. The van der Waals surface area contributed by atoms with E-state index in [4.69, 9.17) is 11.6 Å². The highest BCUT2D eigenvalue weighted by molar-refractivity contribution is 6.31. The standard InChI is InChI=1S/C16H20ClNO3/c1-10-7-12(13(8-10)16(20)21)15(19)18(2)9-11-5-3-4-6-14(11)17/h3-6,10,12-13H,7-9H2,1-2H3,(H,20,21)/t10?,12-,13+/m0/s1. The van der Waals surface area contributed by atoms with Crippen molar-refractivity contribution in [2.75, 3.05) is 7.05 Å². The number of halogens is 1. The Morgan fingerprint density at radius 1 is 1.29 bits per heavy atom. The van der Waals surface area contributed by atoms with Crippen LogP contribution in [-0.4, -0.2) is 28.9 Å². The minimum Gasteiger partial charge on any atom is -0.481 e. The monoisotopic (exact) mass is 309 g/mol. The molecule has 0 radical (unpaired) electrons. The van der Waals surface area contributed by atoms with Gasteiger partial charge in [-0.25, -0.2) is 0 Å². The van der Waals surface area contributed by atoms with E-state index in [1.54, 1.807) is 18.0 Å². The number of carboxylic acid groups (broad SMARTS) is 1. The van der Waals surface area contributed by atoms with Gasteiger partial charge in [-0.15, -0.1) is 0 Å². The molecule has 1 aromatic carbocycles. The molecule has 1 aliphatic carbocycles. The van der Waals surface area contributed by atoms with Gasteiger partial charge in [0.15, 0.2) is 0 Å². The Morgan fingerprint density at radius 2 is 1.90 bits per heavy atom. The first-order valence-electron chi connectivity index (χ1n) is 7.11. The van der Waals surface area contributed by atoms with Crippen molar-refractivity contribution in [3.05, 3.63) is 34.9 Å². The molecule has 1 aliphatic rings. The van der Waals surface area contributed by atoms with Crippen molar-refractivity contribution in [2.45, 2.75) is 26.3 Å². The fraction of sp³-hybridized carbons (Fsp3) is 0.500. The quantitative estimate of drug-likeness (QED) is 0.930.